The second kappa shape index (κ2) is 7.32. The smallest absolute Gasteiger partial charge is 0.244 e. The van der Waals surface area contributed by atoms with Gasteiger partial charge < -0.3 is 10.2 Å². The van der Waals surface area contributed by atoms with Gasteiger partial charge in [-0.25, -0.2) is 0 Å². The standard InChI is InChI=1S/C15H20BrClN2O/c1-11(15(20)19-8-4-2-3-5-9-19)18-14-10-12(17)6-7-13(14)16/h6-7,10-11,18H,2-5,8-9H2,1H3. The molecular formula is C15H20BrClN2O. The Balaban J connectivity index is 2.01. The first kappa shape index (κ1) is 15.6. The summed E-state index contributed by atoms with van der Waals surface area (Å²) in [6.45, 7) is 3.66. The number of nitrogens with one attached hydrogen (secondary N) is 1. The summed E-state index contributed by atoms with van der Waals surface area (Å²) in [6, 6.07) is 5.28. The molecule has 3 nitrogen and oxygen atoms in total. The predicted octanol–water partition coefficient (Wildman–Crippen LogP) is 4.31. The molecule has 1 aromatic rings. The third-order valence-corrected chi connectivity index (χ3v) is 4.52. The van der Waals surface area contributed by atoms with Gasteiger partial charge in [-0.05, 0) is 53.9 Å². The minimum Gasteiger partial charge on any atom is -0.373 e. The van der Waals surface area contributed by atoms with E-state index in [4.69, 9.17) is 11.6 Å². The number of carbonyl (C=O) groups is 1. The van der Waals surface area contributed by atoms with Gasteiger partial charge >= 0.3 is 0 Å². The number of anilines is 1. The Labute approximate surface area is 133 Å². The molecule has 1 unspecified atom stereocenters. The number of hydrogen-bond acceptors (Lipinski definition) is 2. The van der Waals surface area contributed by atoms with Crippen LogP contribution in [0.5, 0.6) is 0 Å². The number of rotatable bonds is 3. The van der Waals surface area contributed by atoms with Crippen molar-refractivity contribution in [3.05, 3.63) is 27.7 Å². The zero-order chi connectivity index (χ0) is 14.5. The van der Waals surface area contributed by atoms with Crippen molar-refractivity contribution < 1.29 is 4.79 Å². The van der Waals surface area contributed by atoms with Crippen molar-refractivity contribution in [1.82, 2.24) is 4.90 Å². The predicted molar refractivity (Wildman–Crippen MR) is 87.3 cm³/mol. The maximum atomic E-state index is 12.5. The molecule has 0 radical (unpaired) electrons. The van der Waals surface area contributed by atoms with E-state index in [0.29, 0.717) is 5.02 Å². The molecule has 20 heavy (non-hydrogen) atoms. The van der Waals surface area contributed by atoms with Gasteiger partial charge in [-0.1, -0.05) is 24.4 Å². The normalized spacial score (nSPS) is 17.4. The lowest BCUT2D eigenvalue weighted by molar-refractivity contribution is -0.131. The number of benzene rings is 1. The van der Waals surface area contributed by atoms with Crippen LogP contribution in [0.25, 0.3) is 0 Å². The summed E-state index contributed by atoms with van der Waals surface area (Å²) in [5.74, 6) is 0.166. The molecule has 1 aliphatic rings. The van der Waals surface area contributed by atoms with E-state index in [-0.39, 0.29) is 11.9 Å². The van der Waals surface area contributed by atoms with Crippen molar-refractivity contribution in [2.75, 3.05) is 18.4 Å². The first-order valence-corrected chi connectivity index (χ1v) is 8.25. The van der Waals surface area contributed by atoms with Crippen LogP contribution in [0.2, 0.25) is 5.02 Å². The van der Waals surface area contributed by atoms with Crippen LogP contribution in [0, 0.1) is 0 Å². The van der Waals surface area contributed by atoms with Crippen LogP contribution in [-0.4, -0.2) is 29.9 Å². The molecule has 5 heteroatoms. The maximum Gasteiger partial charge on any atom is 0.244 e. The zero-order valence-electron chi connectivity index (χ0n) is 11.7. The maximum absolute atomic E-state index is 12.5. The van der Waals surface area contributed by atoms with Gasteiger partial charge in [-0.2, -0.15) is 0 Å². The monoisotopic (exact) mass is 358 g/mol. The van der Waals surface area contributed by atoms with Gasteiger partial charge in [0.2, 0.25) is 5.91 Å². The van der Waals surface area contributed by atoms with Gasteiger partial charge in [0, 0.05) is 22.6 Å². The molecule has 0 spiro atoms. The zero-order valence-corrected chi connectivity index (χ0v) is 14.0. The van der Waals surface area contributed by atoms with Gasteiger partial charge in [-0.15, -0.1) is 0 Å². The van der Waals surface area contributed by atoms with Crippen molar-refractivity contribution in [2.45, 2.75) is 38.6 Å². The van der Waals surface area contributed by atoms with Gasteiger partial charge in [-0.3, -0.25) is 4.79 Å². The fourth-order valence-corrected chi connectivity index (χ4v) is 3.00. The molecule has 1 atom stereocenters. The van der Waals surface area contributed by atoms with Crippen LogP contribution in [0.1, 0.15) is 32.6 Å². The van der Waals surface area contributed by atoms with E-state index in [9.17, 15) is 4.79 Å². The Morgan fingerprint density at radius 1 is 1.30 bits per heavy atom. The first-order valence-electron chi connectivity index (χ1n) is 7.08. The van der Waals surface area contributed by atoms with Crippen LogP contribution in [0.15, 0.2) is 22.7 Å². The minimum absolute atomic E-state index is 0.166. The molecule has 1 amide bonds. The summed E-state index contributed by atoms with van der Waals surface area (Å²) >= 11 is 9.46. The van der Waals surface area contributed by atoms with Crippen LogP contribution < -0.4 is 5.32 Å². The number of halogens is 2. The van der Waals surface area contributed by atoms with Crippen molar-refractivity contribution in [2.24, 2.45) is 0 Å². The fraction of sp³-hybridized carbons (Fsp3) is 0.533. The molecule has 1 N–H and O–H groups in total. The molecule has 1 heterocycles. The molecule has 1 aromatic carbocycles. The van der Waals surface area contributed by atoms with Crippen LogP contribution in [-0.2, 0) is 4.79 Å². The van der Waals surface area contributed by atoms with E-state index in [1.165, 1.54) is 12.8 Å². The Hall–Kier alpha value is -0.740. The van der Waals surface area contributed by atoms with E-state index >= 15 is 0 Å². The van der Waals surface area contributed by atoms with Crippen LogP contribution >= 0.6 is 27.5 Å². The number of nitrogens with zero attached hydrogens (tertiary/aromatic N) is 1. The van der Waals surface area contributed by atoms with Crippen LogP contribution in [0.4, 0.5) is 5.69 Å². The van der Waals surface area contributed by atoms with Gasteiger partial charge in [0.25, 0.3) is 0 Å². The lowest BCUT2D eigenvalue weighted by Crippen LogP contribution is -2.41. The quantitative estimate of drug-likeness (QED) is 0.872. The molecular weight excluding hydrogens is 340 g/mol. The highest BCUT2D eigenvalue weighted by Crippen LogP contribution is 2.26. The van der Waals surface area contributed by atoms with Crippen LogP contribution in [0.3, 0.4) is 0 Å². The number of amides is 1. The molecule has 0 saturated carbocycles. The SMILES string of the molecule is CC(Nc1cc(Cl)ccc1Br)C(=O)N1CCCCCC1. The van der Waals surface area contributed by atoms with E-state index < -0.39 is 0 Å². The second-order valence-corrected chi connectivity index (χ2v) is 6.52. The van der Waals surface area contributed by atoms with E-state index in [1.807, 2.05) is 30.0 Å². The Morgan fingerprint density at radius 3 is 2.60 bits per heavy atom. The lowest BCUT2D eigenvalue weighted by atomic mass is 10.2. The third-order valence-electron chi connectivity index (χ3n) is 3.59. The number of hydrogen-bond donors (Lipinski definition) is 1. The summed E-state index contributed by atoms with van der Waals surface area (Å²) in [6.07, 6.45) is 4.68. The largest absolute Gasteiger partial charge is 0.373 e. The summed E-state index contributed by atoms with van der Waals surface area (Å²) in [5.41, 5.74) is 0.855. The molecule has 1 saturated heterocycles. The minimum atomic E-state index is -0.247. The summed E-state index contributed by atoms with van der Waals surface area (Å²) in [4.78, 5) is 14.4. The molecule has 0 aromatic heterocycles. The highest BCUT2D eigenvalue weighted by molar-refractivity contribution is 9.10. The van der Waals surface area contributed by atoms with Crippen molar-refractivity contribution >= 4 is 39.1 Å². The topological polar surface area (TPSA) is 32.3 Å². The highest BCUT2D eigenvalue weighted by Gasteiger charge is 2.21. The molecule has 0 aliphatic carbocycles. The van der Waals surface area contributed by atoms with E-state index in [0.717, 1.165) is 36.1 Å². The van der Waals surface area contributed by atoms with Gasteiger partial charge in [0.05, 0.1) is 5.69 Å². The molecule has 1 aliphatic heterocycles. The Bertz CT molecular complexity index is 473. The van der Waals surface area contributed by atoms with E-state index in [2.05, 4.69) is 21.2 Å². The first-order chi connectivity index (χ1) is 9.58. The van der Waals surface area contributed by atoms with Gasteiger partial charge in [0.1, 0.15) is 6.04 Å². The van der Waals surface area contributed by atoms with Gasteiger partial charge in [0.15, 0.2) is 0 Å². The molecule has 2 rings (SSSR count). The van der Waals surface area contributed by atoms with Crippen molar-refractivity contribution in [3.63, 3.8) is 0 Å². The number of likely N-dealkylation sites (tertiary alicyclic amines) is 1. The second-order valence-electron chi connectivity index (χ2n) is 5.23. The van der Waals surface area contributed by atoms with Crippen molar-refractivity contribution in [1.29, 1.82) is 0 Å². The summed E-state index contributed by atoms with van der Waals surface area (Å²) in [7, 11) is 0. The Kier molecular flexibility index (Phi) is 5.73. The lowest BCUT2D eigenvalue weighted by Gasteiger charge is -2.25. The highest BCUT2D eigenvalue weighted by atomic mass is 79.9. The molecule has 1 fully saturated rings. The molecule has 0 bridgehead atoms. The fourth-order valence-electron chi connectivity index (χ4n) is 2.47. The molecule has 110 valence electrons. The Morgan fingerprint density at radius 2 is 1.95 bits per heavy atom. The summed E-state index contributed by atoms with van der Waals surface area (Å²) in [5, 5.41) is 3.90. The number of carbonyl (C=O) groups excluding carboxylic acids is 1. The third kappa shape index (κ3) is 4.13. The average molecular weight is 360 g/mol. The van der Waals surface area contributed by atoms with Crippen molar-refractivity contribution in [3.8, 4) is 0 Å². The average Bonchev–Trinajstić information content (AvgIpc) is 2.71. The summed E-state index contributed by atoms with van der Waals surface area (Å²) < 4.78 is 0.914. The van der Waals surface area contributed by atoms with E-state index in [1.54, 1.807) is 0 Å².